The minimum Gasteiger partial charge on any atom is -0.411 e. The zero-order chi connectivity index (χ0) is 7.98. The van der Waals surface area contributed by atoms with Crippen LogP contribution in [0, 0.1) is 0 Å². The van der Waals surface area contributed by atoms with Crippen molar-refractivity contribution in [2.75, 3.05) is 0 Å². The predicted octanol–water partition coefficient (Wildman–Crippen LogP) is 1.60. The van der Waals surface area contributed by atoms with Crippen LogP contribution in [0.3, 0.4) is 0 Å². The van der Waals surface area contributed by atoms with Crippen LogP contribution < -0.4 is 0 Å². The number of carbonyl (C=O) groups excluding carboxylic acids is 1. The van der Waals surface area contributed by atoms with E-state index in [0.717, 1.165) is 0 Å². The SMILES string of the molecule is CCC(=O)C/C(CC)=N/O. The third-order valence-corrected chi connectivity index (χ3v) is 1.35. The number of hydrogen-bond acceptors (Lipinski definition) is 3. The maximum absolute atomic E-state index is 10.7. The van der Waals surface area contributed by atoms with Crippen LogP contribution in [0.5, 0.6) is 0 Å². The van der Waals surface area contributed by atoms with Crippen LogP contribution in [-0.2, 0) is 4.79 Å². The van der Waals surface area contributed by atoms with E-state index >= 15 is 0 Å². The van der Waals surface area contributed by atoms with Crippen molar-refractivity contribution >= 4 is 11.5 Å². The highest BCUT2D eigenvalue weighted by molar-refractivity contribution is 6.01. The molecular weight excluding hydrogens is 130 g/mol. The molecule has 0 aromatic carbocycles. The fraction of sp³-hybridized carbons (Fsp3) is 0.714. The fourth-order valence-corrected chi connectivity index (χ4v) is 0.584. The van der Waals surface area contributed by atoms with Gasteiger partial charge in [0, 0.05) is 12.8 Å². The summed E-state index contributed by atoms with van der Waals surface area (Å²) in [4.78, 5) is 10.7. The lowest BCUT2D eigenvalue weighted by Gasteiger charge is -1.96. The number of hydrogen-bond donors (Lipinski definition) is 1. The van der Waals surface area contributed by atoms with Gasteiger partial charge in [-0.25, -0.2) is 0 Å². The van der Waals surface area contributed by atoms with Crippen molar-refractivity contribution in [3.8, 4) is 0 Å². The summed E-state index contributed by atoms with van der Waals surface area (Å²) in [5, 5.41) is 11.3. The van der Waals surface area contributed by atoms with E-state index in [4.69, 9.17) is 5.21 Å². The predicted molar refractivity (Wildman–Crippen MR) is 39.4 cm³/mol. The van der Waals surface area contributed by atoms with Gasteiger partial charge < -0.3 is 5.21 Å². The van der Waals surface area contributed by atoms with E-state index in [9.17, 15) is 4.79 Å². The van der Waals surface area contributed by atoms with E-state index in [1.165, 1.54) is 0 Å². The first kappa shape index (κ1) is 9.14. The van der Waals surface area contributed by atoms with Gasteiger partial charge in [-0.15, -0.1) is 0 Å². The molecule has 0 aromatic heterocycles. The van der Waals surface area contributed by atoms with E-state index in [1.807, 2.05) is 6.92 Å². The molecule has 0 amide bonds. The largest absolute Gasteiger partial charge is 0.411 e. The Balaban J connectivity index is 3.76. The Kier molecular flexibility index (Phi) is 4.54. The van der Waals surface area contributed by atoms with Crippen LogP contribution in [0.25, 0.3) is 0 Å². The molecule has 0 aromatic rings. The zero-order valence-electron chi connectivity index (χ0n) is 6.42. The van der Waals surface area contributed by atoms with E-state index in [0.29, 0.717) is 25.0 Å². The molecule has 0 aliphatic carbocycles. The third-order valence-electron chi connectivity index (χ3n) is 1.35. The van der Waals surface area contributed by atoms with Gasteiger partial charge in [0.25, 0.3) is 0 Å². The molecule has 0 atom stereocenters. The molecule has 0 rings (SSSR count). The molecule has 3 heteroatoms. The van der Waals surface area contributed by atoms with Gasteiger partial charge in [-0.1, -0.05) is 19.0 Å². The lowest BCUT2D eigenvalue weighted by Crippen LogP contribution is -2.05. The molecule has 0 saturated heterocycles. The second-order valence-corrected chi connectivity index (χ2v) is 2.09. The van der Waals surface area contributed by atoms with Crippen molar-refractivity contribution in [2.45, 2.75) is 33.1 Å². The Bertz CT molecular complexity index is 141. The summed E-state index contributed by atoms with van der Waals surface area (Å²) in [6, 6.07) is 0. The lowest BCUT2D eigenvalue weighted by molar-refractivity contribution is -0.117. The molecule has 0 radical (unpaired) electrons. The Morgan fingerprint density at radius 2 is 2.00 bits per heavy atom. The molecule has 0 heterocycles. The van der Waals surface area contributed by atoms with Crippen LogP contribution in [0.2, 0.25) is 0 Å². The van der Waals surface area contributed by atoms with Crippen molar-refractivity contribution in [1.29, 1.82) is 0 Å². The van der Waals surface area contributed by atoms with E-state index in [-0.39, 0.29) is 5.78 Å². The summed E-state index contributed by atoms with van der Waals surface area (Å²) in [7, 11) is 0. The number of oxime groups is 1. The molecule has 10 heavy (non-hydrogen) atoms. The minimum absolute atomic E-state index is 0.120. The molecule has 0 bridgehead atoms. The van der Waals surface area contributed by atoms with Crippen LogP contribution in [0.1, 0.15) is 33.1 Å². The van der Waals surface area contributed by atoms with E-state index in [2.05, 4.69) is 5.16 Å². The van der Waals surface area contributed by atoms with Gasteiger partial charge >= 0.3 is 0 Å². The van der Waals surface area contributed by atoms with Gasteiger partial charge in [-0.05, 0) is 6.42 Å². The van der Waals surface area contributed by atoms with Crippen LogP contribution in [0.4, 0.5) is 0 Å². The Labute approximate surface area is 60.7 Å². The number of carbonyl (C=O) groups is 1. The van der Waals surface area contributed by atoms with E-state index < -0.39 is 0 Å². The van der Waals surface area contributed by atoms with Gasteiger partial charge in [0.15, 0.2) is 0 Å². The molecular formula is C7H13NO2. The molecule has 58 valence electrons. The highest BCUT2D eigenvalue weighted by atomic mass is 16.4. The molecule has 3 nitrogen and oxygen atoms in total. The highest BCUT2D eigenvalue weighted by Crippen LogP contribution is 1.95. The summed E-state index contributed by atoms with van der Waals surface area (Å²) in [6.07, 6.45) is 1.45. The molecule has 0 aliphatic heterocycles. The van der Waals surface area contributed by atoms with Gasteiger partial charge in [-0.2, -0.15) is 0 Å². The standard InChI is InChI=1S/C7H13NO2/c1-3-6(8-10)5-7(9)4-2/h10H,3-5H2,1-2H3/b8-6+. The van der Waals surface area contributed by atoms with Crippen molar-refractivity contribution in [2.24, 2.45) is 5.16 Å². The van der Waals surface area contributed by atoms with Crippen molar-refractivity contribution < 1.29 is 10.0 Å². The number of nitrogens with zero attached hydrogens (tertiary/aromatic N) is 1. The zero-order valence-corrected chi connectivity index (χ0v) is 6.42. The minimum atomic E-state index is 0.120. The Hall–Kier alpha value is -0.860. The van der Waals surface area contributed by atoms with Gasteiger partial charge in [0.2, 0.25) is 0 Å². The monoisotopic (exact) mass is 143 g/mol. The van der Waals surface area contributed by atoms with Crippen LogP contribution in [0.15, 0.2) is 5.16 Å². The second kappa shape index (κ2) is 4.97. The highest BCUT2D eigenvalue weighted by Gasteiger charge is 2.02. The van der Waals surface area contributed by atoms with Gasteiger partial charge in [-0.3, -0.25) is 4.79 Å². The molecule has 1 N–H and O–H groups in total. The third kappa shape index (κ3) is 3.22. The topological polar surface area (TPSA) is 49.7 Å². The molecule has 0 aliphatic rings. The first-order chi connectivity index (χ1) is 4.74. The average Bonchev–Trinajstić information content (AvgIpc) is 1.99. The molecule has 0 unspecified atom stereocenters. The van der Waals surface area contributed by atoms with Crippen LogP contribution >= 0.6 is 0 Å². The lowest BCUT2D eigenvalue weighted by atomic mass is 10.1. The smallest absolute Gasteiger partial charge is 0.138 e. The van der Waals surface area contributed by atoms with Crippen LogP contribution in [-0.4, -0.2) is 16.7 Å². The molecule has 0 spiro atoms. The first-order valence-electron chi connectivity index (χ1n) is 3.46. The van der Waals surface area contributed by atoms with Crippen molar-refractivity contribution in [3.63, 3.8) is 0 Å². The number of ketones is 1. The Morgan fingerprint density at radius 1 is 1.40 bits per heavy atom. The fourth-order valence-electron chi connectivity index (χ4n) is 0.584. The van der Waals surface area contributed by atoms with Crippen molar-refractivity contribution in [1.82, 2.24) is 0 Å². The first-order valence-corrected chi connectivity index (χ1v) is 3.46. The normalized spacial score (nSPS) is 11.6. The summed E-state index contributed by atoms with van der Waals surface area (Å²) in [5.74, 6) is 0.120. The van der Waals surface area contributed by atoms with Gasteiger partial charge in [0.1, 0.15) is 5.78 Å². The quantitative estimate of drug-likeness (QED) is 0.369. The van der Waals surface area contributed by atoms with E-state index in [1.54, 1.807) is 6.92 Å². The molecule has 0 saturated carbocycles. The average molecular weight is 143 g/mol. The number of Topliss-reactive ketones (excluding diaryl/α,β-unsaturated/α-hetero) is 1. The maximum atomic E-state index is 10.7. The van der Waals surface area contributed by atoms with Gasteiger partial charge in [0.05, 0.1) is 5.71 Å². The maximum Gasteiger partial charge on any atom is 0.138 e. The summed E-state index contributed by atoms with van der Waals surface area (Å²) in [5.41, 5.74) is 0.562. The van der Waals surface area contributed by atoms with Crippen molar-refractivity contribution in [3.05, 3.63) is 0 Å². The summed E-state index contributed by atoms with van der Waals surface area (Å²) >= 11 is 0. The molecule has 0 fully saturated rings. The second-order valence-electron chi connectivity index (χ2n) is 2.09. The summed E-state index contributed by atoms with van der Waals surface area (Å²) in [6.45, 7) is 3.66. The Morgan fingerprint density at radius 3 is 2.30 bits per heavy atom. The summed E-state index contributed by atoms with van der Waals surface area (Å²) < 4.78 is 0. The number of rotatable bonds is 4.